The Labute approximate surface area is 152 Å². The van der Waals surface area contributed by atoms with E-state index in [1.165, 1.54) is 0 Å². The summed E-state index contributed by atoms with van der Waals surface area (Å²) in [4.78, 5) is 29.5. The molecule has 0 radical (unpaired) electrons. The number of hydrogen-bond donors (Lipinski definition) is 0. The highest BCUT2D eigenvalue weighted by atomic mass is 16.5. The van der Waals surface area contributed by atoms with Gasteiger partial charge >= 0.3 is 5.97 Å². The zero-order valence-electron chi connectivity index (χ0n) is 15.2. The van der Waals surface area contributed by atoms with E-state index in [1.54, 1.807) is 31.6 Å². The molecule has 2 aromatic rings. The molecule has 1 saturated heterocycles. The summed E-state index contributed by atoms with van der Waals surface area (Å²) in [6.07, 6.45) is 7.05. The number of aromatic nitrogens is 2. The topological polar surface area (TPSA) is 70.4 Å². The summed E-state index contributed by atoms with van der Waals surface area (Å²) < 4.78 is 12.4. The Morgan fingerprint density at radius 2 is 2.08 bits per heavy atom. The Morgan fingerprint density at radius 3 is 2.73 bits per heavy atom. The number of carbonyl (C=O) groups excluding carboxylic acids is 1. The Hall–Kier alpha value is -2.47. The highest BCUT2D eigenvalue weighted by molar-refractivity contribution is 5.90. The highest BCUT2D eigenvalue weighted by Crippen LogP contribution is 2.19. The number of pyridine rings is 2. The van der Waals surface area contributed by atoms with Crippen molar-refractivity contribution in [3.8, 4) is 11.3 Å². The number of nitrogens with zero attached hydrogens (tertiary/aromatic N) is 2. The van der Waals surface area contributed by atoms with E-state index in [9.17, 15) is 9.59 Å². The lowest BCUT2D eigenvalue weighted by molar-refractivity contribution is 0.0520. The van der Waals surface area contributed by atoms with Crippen molar-refractivity contribution in [2.45, 2.75) is 33.2 Å². The lowest BCUT2D eigenvalue weighted by Gasteiger charge is -2.23. The monoisotopic (exact) mass is 356 g/mol. The molecule has 3 heterocycles. The van der Waals surface area contributed by atoms with Gasteiger partial charge in [0.25, 0.3) is 0 Å². The Balaban J connectivity index is 2.02. The van der Waals surface area contributed by atoms with Crippen molar-refractivity contribution in [3.63, 3.8) is 0 Å². The maximum atomic E-state index is 12.8. The van der Waals surface area contributed by atoms with Gasteiger partial charge in [-0.1, -0.05) is 6.07 Å². The Bertz CT molecular complexity index is 821. The van der Waals surface area contributed by atoms with Gasteiger partial charge < -0.3 is 14.0 Å². The maximum absolute atomic E-state index is 12.8. The van der Waals surface area contributed by atoms with E-state index in [0.29, 0.717) is 17.2 Å². The van der Waals surface area contributed by atoms with Gasteiger partial charge in [0.05, 0.1) is 17.9 Å². The SMILES string of the molecule is CCOC(=O)c1cn(CC2CCOCC2)cc(-c2ccc(C)cn2)c1=O. The minimum Gasteiger partial charge on any atom is -0.462 e. The molecule has 3 rings (SSSR count). The van der Waals surface area contributed by atoms with E-state index in [0.717, 1.165) is 38.2 Å². The lowest BCUT2D eigenvalue weighted by atomic mass is 10.00. The summed E-state index contributed by atoms with van der Waals surface area (Å²) in [5.74, 6) is -0.132. The van der Waals surface area contributed by atoms with Crippen LogP contribution in [0.25, 0.3) is 11.3 Å². The van der Waals surface area contributed by atoms with Crippen molar-refractivity contribution in [2.75, 3.05) is 19.8 Å². The van der Waals surface area contributed by atoms with Gasteiger partial charge in [0, 0.05) is 38.3 Å². The van der Waals surface area contributed by atoms with E-state index >= 15 is 0 Å². The van der Waals surface area contributed by atoms with E-state index in [-0.39, 0.29) is 17.6 Å². The molecule has 0 aromatic carbocycles. The van der Waals surface area contributed by atoms with Crippen molar-refractivity contribution >= 4 is 5.97 Å². The van der Waals surface area contributed by atoms with E-state index in [2.05, 4.69) is 4.98 Å². The largest absolute Gasteiger partial charge is 0.462 e. The molecule has 138 valence electrons. The van der Waals surface area contributed by atoms with Crippen LogP contribution in [-0.2, 0) is 16.0 Å². The number of rotatable bonds is 5. The zero-order valence-corrected chi connectivity index (χ0v) is 15.2. The molecular weight excluding hydrogens is 332 g/mol. The minimum atomic E-state index is -0.591. The first-order valence-electron chi connectivity index (χ1n) is 9.00. The number of ether oxygens (including phenoxy) is 2. The summed E-state index contributed by atoms with van der Waals surface area (Å²) >= 11 is 0. The lowest BCUT2D eigenvalue weighted by Crippen LogP contribution is -2.25. The summed E-state index contributed by atoms with van der Waals surface area (Å²) in [5, 5.41) is 0. The van der Waals surface area contributed by atoms with Gasteiger partial charge in [-0.3, -0.25) is 9.78 Å². The molecular formula is C20H24N2O4. The van der Waals surface area contributed by atoms with Gasteiger partial charge in [-0.2, -0.15) is 0 Å². The van der Waals surface area contributed by atoms with E-state index < -0.39 is 5.97 Å². The van der Waals surface area contributed by atoms with Crippen LogP contribution in [0.4, 0.5) is 0 Å². The minimum absolute atomic E-state index is 0.0544. The smallest absolute Gasteiger partial charge is 0.343 e. The third-order valence-corrected chi connectivity index (χ3v) is 4.57. The van der Waals surface area contributed by atoms with Crippen molar-refractivity contribution in [2.24, 2.45) is 5.92 Å². The molecule has 1 aliphatic rings. The van der Waals surface area contributed by atoms with Crippen molar-refractivity contribution in [3.05, 3.63) is 52.1 Å². The van der Waals surface area contributed by atoms with Crippen LogP contribution in [0.15, 0.2) is 35.5 Å². The molecule has 1 fully saturated rings. The third-order valence-electron chi connectivity index (χ3n) is 4.57. The predicted octanol–water partition coefficient (Wildman–Crippen LogP) is 2.82. The first-order chi connectivity index (χ1) is 12.6. The zero-order chi connectivity index (χ0) is 18.5. The fourth-order valence-corrected chi connectivity index (χ4v) is 3.13. The number of carbonyl (C=O) groups is 1. The number of aryl methyl sites for hydroxylation is 1. The second-order valence-electron chi connectivity index (χ2n) is 6.61. The van der Waals surface area contributed by atoms with Crippen molar-refractivity contribution in [1.82, 2.24) is 9.55 Å². The Morgan fingerprint density at radius 1 is 1.31 bits per heavy atom. The van der Waals surface area contributed by atoms with Crippen LogP contribution in [0.1, 0.15) is 35.7 Å². The van der Waals surface area contributed by atoms with Gasteiger partial charge in [-0.15, -0.1) is 0 Å². The molecule has 0 saturated carbocycles. The normalized spacial score (nSPS) is 15.0. The fourth-order valence-electron chi connectivity index (χ4n) is 3.13. The standard InChI is InChI=1S/C20H24N2O4/c1-3-26-20(24)17-13-22(11-15-6-8-25-9-7-15)12-16(19(17)23)18-5-4-14(2)10-21-18/h4-5,10,12-13,15H,3,6-9,11H2,1-2H3. The molecule has 0 N–H and O–H groups in total. The van der Waals surface area contributed by atoms with Gasteiger partial charge in [-0.05, 0) is 44.2 Å². The van der Waals surface area contributed by atoms with Crippen molar-refractivity contribution in [1.29, 1.82) is 0 Å². The van der Waals surface area contributed by atoms with Crippen LogP contribution < -0.4 is 5.43 Å². The molecule has 0 unspecified atom stereocenters. The van der Waals surface area contributed by atoms with E-state index in [1.807, 2.05) is 17.6 Å². The maximum Gasteiger partial charge on any atom is 0.343 e. The van der Waals surface area contributed by atoms with Crippen LogP contribution in [0.2, 0.25) is 0 Å². The van der Waals surface area contributed by atoms with Gasteiger partial charge in [-0.25, -0.2) is 4.79 Å². The third kappa shape index (κ3) is 4.19. The fraction of sp³-hybridized carbons (Fsp3) is 0.450. The van der Waals surface area contributed by atoms with Gasteiger partial charge in [0.15, 0.2) is 0 Å². The average Bonchev–Trinajstić information content (AvgIpc) is 2.65. The summed E-state index contributed by atoms with van der Waals surface area (Å²) in [6, 6.07) is 3.71. The first kappa shape index (κ1) is 18.3. The molecule has 6 nitrogen and oxygen atoms in total. The molecule has 6 heteroatoms. The molecule has 0 aliphatic carbocycles. The molecule has 0 bridgehead atoms. The van der Waals surface area contributed by atoms with Crippen LogP contribution in [0, 0.1) is 12.8 Å². The molecule has 0 atom stereocenters. The predicted molar refractivity (Wildman–Crippen MR) is 98.2 cm³/mol. The Kier molecular flexibility index (Phi) is 5.83. The first-order valence-corrected chi connectivity index (χ1v) is 9.00. The second kappa shape index (κ2) is 8.27. The van der Waals surface area contributed by atoms with Crippen LogP contribution in [-0.4, -0.2) is 35.3 Å². The molecule has 0 amide bonds. The van der Waals surface area contributed by atoms with Gasteiger partial charge in [0.2, 0.25) is 5.43 Å². The molecule has 2 aromatic heterocycles. The van der Waals surface area contributed by atoms with Crippen LogP contribution in [0.5, 0.6) is 0 Å². The summed E-state index contributed by atoms with van der Waals surface area (Å²) in [6.45, 7) is 6.13. The quantitative estimate of drug-likeness (QED) is 0.771. The number of hydrogen-bond acceptors (Lipinski definition) is 5. The summed E-state index contributed by atoms with van der Waals surface area (Å²) in [5.41, 5.74) is 1.70. The van der Waals surface area contributed by atoms with E-state index in [4.69, 9.17) is 9.47 Å². The number of esters is 1. The molecule has 1 aliphatic heterocycles. The van der Waals surface area contributed by atoms with Crippen molar-refractivity contribution < 1.29 is 14.3 Å². The van der Waals surface area contributed by atoms with Crippen LogP contribution in [0.3, 0.4) is 0 Å². The molecule has 0 spiro atoms. The second-order valence-corrected chi connectivity index (χ2v) is 6.61. The average molecular weight is 356 g/mol. The van der Waals surface area contributed by atoms with Crippen LogP contribution >= 0.6 is 0 Å². The summed E-state index contributed by atoms with van der Waals surface area (Å²) in [7, 11) is 0. The van der Waals surface area contributed by atoms with Gasteiger partial charge in [0.1, 0.15) is 5.56 Å². The molecule has 26 heavy (non-hydrogen) atoms. The highest BCUT2D eigenvalue weighted by Gasteiger charge is 2.20.